The highest BCUT2D eigenvalue weighted by Gasteiger charge is 2.22. The van der Waals surface area contributed by atoms with Gasteiger partial charge in [0, 0.05) is 18.7 Å². The second kappa shape index (κ2) is 7.11. The Labute approximate surface area is 141 Å². The van der Waals surface area contributed by atoms with Crippen molar-refractivity contribution in [3.05, 3.63) is 28.7 Å². The first-order chi connectivity index (χ1) is 11.5. The van der Waals surface area contributed by atoms with Gasteiger partial charge in [-0.15, -0.1) is 0 Å². The number of benzene rings is 1. The number of aryl methyl sites for hydroxylation is 1. The maximum absolute atomic E-state index is 12.7. The smallest absolute Gasteiger partial charge is 0.408 e. The molecule has 0 saturated heterocycles. The lowest BCUT2D eigenvalue weighted by Gasteiger charge is -2.20. The predicted octanol–water partition coefficient (Wildman–Crippen LogP) is 3.01. The van der Waals surface area contributed by atoms with E-state index in [1.54, 1.807) is 6.07 Å². The van der Waals surface area contributed by atoms with Crippen LogP contribution >= 0.6 is 0 Å². The third-order valence-electron chi connectivity index (χ3n) is 4.69. The number of hydrogen-bond donors (Lipinski definition) is 1. The fourth-order valence-electron chi connectivity index (χ4n) is 3.37. The van der Waals surface area contributed by atoms with Gasteiger partial charge >= 0.3 is 5.76 Å². The molecule has 3 rings (SSSR count). The molecule has 132 valence electrons. The van der Waals surface area contributed by atoms with Gasteiger partial charge in [0.25, 0.3) is 0 Å². The summed E-state index contributed by atoms with van der Waals surface area (Å²) in [5.74, 6) is -0.463. The molecule has 1 N–H and O–H groups in total. The van der Waals surface area contributed by atoms with Crippen LogP contribution < -0.4 is 10.5 Å². The molecule has 1 heterocycles. The van der Waals surface area contributed by atoms with Crippen LogP contribution in [0.5, 0.6) is 0 Å². The molecule has 1 aromatic carbocycles. The van der Waals surface area contributed by atoms with Crippen LogP contribution in [0.15, 0.2) is 32.3 Å². The fourth-order valence-corrected chi connectivity index (χ4v) is 4.69. The highest BCUT2D eigenvalue weighted by Crippen LogP contribution is 2.22. The van der Waals surface area contributed by atoms with Crippen molar-refractivity contribution in [3.63, 3.8) is 0 Å². The van der Waals surface area contributed by atoms with Crippen LogP contribution in [0.3, 0.4) is 0 Å². The van der Waals surface area contributed by atoms with E-state index >= 15 is 0 Å². The largest absolute Gasteiger partial charge is 0.419 e. The SMILES string of the molecule is CCn1c(=O)oc2cc(S(=O)(=O)NC3CCCCCCC3)ccc21. The van der Waals surface area contributed by atoms with Crippen molar-refractivity contribution in [1.29, 1.82) is 0 Å². The van der Waals surface area contributed by atoms with Gasteiger partial charge in [0.1, 0.15) is 0 Å². The van der Waals surface area contributed by atoms with Crippen LogP contribution in [0.25, 0.3) is 11.1 Å². The molecule has 1 saturated carbocycles. The van der Waals surface area contributed by atoms with Crippen LogP contribution in [0.4, 0.5) is 0 Å². The number of nitrogens with zero attached hydrogens (tertiary/aromatic N) is 1. The highest BCUT2D eigenvalue weighted by atomic mass is 32.2. The summed E-state index contributed by atoms with van der Waals surface area (Å²) in [5.41, 5.74) is 0.926. The summed E-state index contributed by atoms with van der Waals surface area (Å²) in [6.07, 6.45) is 7.44. The summed E-state index contributed by atoms with van der Waals surface area (Å²) in [4.78, 5) is 11.9. The molecule has 1 aliphatic rings. The number of sulfonamides is 1. The lowest BCUT2D eigenvalue weighted by molar-refractivity contribution is 0.426. The summed E-state index contributed by atoms with van der Waals surface area (Å²) in [5, 5.41) is 0. The van der Waals surface area contributed by atoms with Crippen LogP contribution in [0.2, 0.25) is 0 Å². The zero-order valence-electron chi connectivity index (χ0n) is 14.0. The second-order valence-corrected chi connectivity index (χ2v) is 8.12. The Balaban J connectivity index is 1.86. The lowest BCUT2D eigenvalue weighted by atomic mass is 9.97. The molecule has 7 heteroatoms. The van der Waals surface area contributed by atoms with Gasteiger partial charge in [0.15, 0.2) is 5.58 Å². The van der Waals surface area contributed by atoms with Gasteiger partial charge < -0.3 is 4.42 Å². The van der Waals surface area contributed by atoms with Gasteiger partial charge in [-0.3, -0.25) is 4.57 Å². The molecule has 0 radical (unpaired) electrons. The Hall–Kier alpha value is -1.60. The standard InChI is InChI=1S/C17H24N2O4S/c1-2-19-15-11-10-14(12-16(15)23-17(19)20)24(21,22)18-13-8-6-4-3-5-7-9-13/h10-13,18H,2-9H2,1H3. The van der Waals surface area contributed by atoms with E-state index in [9.17, 15) is 13.2 Å². The summed E-state index contributed by atoms with van der Waals surface area (Å²) in [7, 11) is -3.61. The Kier molecular flexibility index (Phi) is 5.10. The Morgan fingerprint density at radius 2 is 1.83 bits per heavy atom. The molecule has 0 amide bonds. The molecule has 0 atom stereocenters. The van der Waals surface area contributed by atoms with Gasteiger partial charge in [0.2, 0.25) is 10.0 Å². The molecular formula is C17H24N2O4S. The Bertz CT molecular complexity index is 858. The van der Waals surface area contributed by atoms with E-state index < -0.39 is 15.8 Å². The molecule has 0 unspecified atom stereocenters. The van der Waals surface area contributed by atoms with E-state index in [0.717, 1.165) is 25.7 Å². The number of hydrogen-bond acceptors (Lipinski definition) is 4. The molecule has 1 aliphatic carbocycles. The van der Waals surface area contributed by atoms with Crippen molar-refractivity contribution < 1.29 is 12.8 Å². The zero-order valence-corrected chi connectivity index (χ0v) is 14.8. The normalized spacial score (nSPS) is 17.7. The minimum absolute atomic E-state index is 0.0155. The maximum Gasteiger partial charge on any atom is 0.419 e. The van der Waals surface area contributed by atoms with Gasteiger partial charge in [-0.05, 0) is 31.9 Å². The van der Waals surface area contributed by atoms with Crippen LogP contribution in [0.1, 0.15) is 51.9 Å². The van der Waals surface area contributed by atoms with E-state index in [4.69, 9.17) is 4.42 Å². The van der Waals surface area contributed by atoms with Crippen LogP contribution in [0, 0.1) is 0 Å². The Morgan fingerprint density at radius 3 is 2.50 bits per heavy atom. The highest BCUT2D eigenvalue weighted by molar-refractivity contribution is 7.89. The van der Waals surface area contributed by atoms with E-state index in [0.29, 0.717) is 17.6 Å². The molecule has 6 nitrogen and oxygen atoms in total. The summed E-state index contributed by atoms with van der Waals surface area (Å²) in [6, 6.07) is 4.59. The summed E-state index contributed by atoms with van der Waals surface area (Å²) in [6.45, 7) is 2.33. The number of fused-ring (bicyclic) bond motifs is 1. The number of rotatable bonds is 4. The molecule has 0 bridgehead atoms. The average molecular weight is 352 g/mol. The number of oxazole rings is 1. The third-order valence-corrected chi connectivity index (χ3v) is 6.21. The van der Waals surface area contributed by atoms with Crippen LogP contribution in [-0.4, -0.2) is 19.0 Å². The van der Waals surface area contributed by atoms with Gasteiger partial charge in [-0.25, -0.2) is 17.9 Å². The van der Waals surface area contributed by atoms with Crippen LogP contribution in [-0.2, 0) is 16.6 Å². The monoisotopic (exact) mass is 352 g/mol. The van der Waals surface area contributed by atoms with Crippen molar-refractivity contribution in [1.82, 2.24) is 9.29 Å². The molecule has 1 fully saturated rings. The zero-order chi connectivity index (χ0) is 17.2. The lowest BCUT2D eigenvalue weighted by Crippen LogP contribution is -2.35. The number of aromatic nitrogens is 1. The van der Waals surface area contributed by atoms with Crippen molar-refractivity contribution in [2.24, 2.45) is 0 Å². The predicted molar refractivity (Wildman–Crippen MR) is 92.6 cm³/mol. The van der Waals surface area contributed by atoms with Gasteiger partial charge in [-0.2, -0.15) is 0 Å². The van der Waals surface area contributed by atoms with E-state index in [2.05, 4.69) is 4.72 Å². The maximum atomic E-state index is 12.7. The first-order valence-corrected chi connectivity index (χ1v) is 10.2. The van der Waals surface area contributed by atoms with E-state index in [-0.39, 0.29) is 10.9 Å². The molecule has 0 spiro atoms. The Morgan fingerprint density at radius 1 is 1.17 bits per heavy atom. The van der Waals surface area contributed by atoms with Crippen molar-refractivity contribution in [3.8, 4) is 0 Å². The minimum atomic E-state index is -3.61. The first kappa shape index (κ1) is 17.2. The summed E-state index contributed by atoms with van der Waals surface area (Å²) >= 11 is 0. The number of nitrogens with one attached hydrogen (secondary N) is 1. The molecular weight excluding hydrogens is 328 g/mol. The van der Waals surface area contributed by atoms with E-state index in [1.165, 1.54) is 36.0 Å². The quantitative estimate of drug-likeness (QED) is 0.917. The van der Waals surface area contributed by atoms with Gasteiger partial charge in [0.05, 0.1) is 10.4 Å². The van der Waals surface area contributed by atoms with Crippen molar-refractivity contribution >= 4 is 21.1 Å². The first-order valence-electron chi connectivity index (χ1n) is 8.67. The fraction of sp³-hybridized carbons (Fsp3) is 0.588. The molecule has 1 aromatic heterocycles. The van der Waals surface area contributed by atoms with Crippen molar-refractivity contribution in [2.75, 3.05) is 0 Å². The molecule has 24 heavy (non-hydrogen) atoms. The molecule has 0 aliphatic heterocycles. The van der Waals surface area contributed by atoms with E-state index in [1.807, 2.05) is 6.92 Å². The summed E-state index contributed by atoms with van der Waals surface area (Å²) < 4.78 is 34.8. The third kappa shape index (κ3) is 3.57. The topological polar surface area (TPSA) is 81.3 Å². The molecule has 2 aromatic rings. The average Bonchev–Trinajstić information content (AvgIpc) is 2.84. The minimum Gasteiger partial charge on any atom is -0.408 e. The van der Waals surface area contributed by atoms with Crippen molar-refractivity contribution in [2.45, 2.75) is 69.4 Å². The second-order valence-electron chi connectivity index (χ2n) is 6.41. The van der Waals surface area contributed by atoms with Gasteiger partial charge in [-0.1, -0.05) is 32.1 Å².